The summed E-state index contributed by atoms with van der Waals surface area (Å²) in [5.74, 6) is -2.05. The highest BCUT2D eigenvalue weighted by molar-refractivity contribution is 5.95. The average Bonchev–Trinajstić information content (AvgIpc) is 3.48. The summed E-state index contributed by atoms with van der Waals surface area (Å²) in [6.45, 7) is 15.2. The van der Waals surface area contributed by atoms with Crippen LogP contribution in [0.15, 0.2) is 0 Å². The lowest BCUT2D eigenvalue weighted by Gasteiger charge is -2.38. The van der Waals surface area contributed by atoms with Gasteiger partial charge in [-0.05, 0) is 69.1 Å². The predicted molar refractivity (Wildman–Crippen MR) is 143 cm³/mol. The van der Waals surface area contributed by atoms with Crippen molar-refractivity contribution in [2.75, 3.05) is 6.54 Å². The Bertz CT molecular complexity index is 1070. The Morgan fingerprint density at radius 3 is 2.21 bits per heavy atom. The first kappa shape index (κ1) is 29.1. The summed E-state index contributed by atoms with van der Waals surface area (Å²) in [7, 11) is 0. The second kappa shape index (κ2) is 9.37. The van der Waals surface area contributed by atoms with Gasteiger partial charge in [0.2, 0.25) is 23.6 Å². The molecule has 218 valence electrons. The number of carbonyl (C=O) groups is 5. The number of nitrogens with two attached hydrogens (primary N) is 1. The summed E-state index contributed by atoms with van der Waals surface area (Å²) >= 11 is 0. The smallest absolute Gasteiger partial charge is 0.408 e. The fourth-order valence-corrected chi connectivity index (χ4v) is 6.49. The normalized spacial score (nSPS) is 29.6. The van der Waals surface area contributed by atoms with Crippen molar-refractivity contribution in [2.45, 2.75) is 110 Å². The molecule has 0 unspecified atom stereocenters. The molecular weight excluding hydrogens is 502 g/mol. The minimum atomic E-state index is -1.03. The van der Waals surface area contributed by atoms with Gasteiger partial charge < -0.3 is 31.3 Å². The number of nitrogens with zero attached hydrogens (tertiary/aromatic N) is 1. The SMILES string of the molecule is CC(C)(C)OC(=O)N[C@H](C(=O)N1C[C@H]2[C@@H]([C@H]1C(=O)N[C@@H](C[C@@H]1CC3(CC3)NC1=O)C(N)=O)C2(C)C)C(C)(C)C. The number of rotatable bonds is 7. The average molecular weight is 548 g/mol. The second-order valence-corrected chi connectivity index (χ2v) is 14.7. The summed E-state index contributed by atoms with van der Waals surface area (Å²) in [5.41, 5.74) is 3.95. The van der Waals surface area contributed by atoms with Crippen molar-refractivity contribution in [1.29, 1.82) is 0 Å². The first-order chi connectivity index (χ1) is 17.8. The van der Waals surface area contributed by atoms with Crippen LogP contribution in [0.5, 0.6) is 0 Å². The summed E-state index contributed by atoms with van der Waals surface area (Å²) < 4.78 is 5.40. The molecule has 4 aliphatic rings. The second-order valence-electron chi connectivity index (χ2n) is 14.7. The zero-order valence-corrected chi connectivity index (χ0v) is 24.5. The van der Waals surface area contributed by atoms with Crippen molar-refractivity contribution in [3.8, 4) is 0 Å². The molecule has 2 aliphatic carbocycles. The Morgan fingerprint density at radius 2 is 1.72 bits per heavy atom. The van der Waals surface area contributed by atoms with Gasteiger partial charge in [0.05, 0.1) is 0 Å². The van der Waals surface area contributed by atoms with Crippen LogP contribution < -0.4 is 21.7 Å². The van der Waals surface area contributed by atoms with Crippen molar-refractivity contribution in [3.63, 3.8) is 0 Å². The van der Waals surface area contributed by atoms with Gasteiger partial charge in [-0.15, -0.1) is 0 Å². The van der Waals surface area contributed by atoms with Crippen LogP contribution in [0.2, 0.25) is 0 Å². The van der Waals surface area contributed by atoms with Crippen molar-refractivity contribution >= 4 is 29.7 Å². The van der Waals surface area contributed by atoms with Crippen LogP contribution in [-0.4, -0.2) is 70.4 Å². The van der Waals surface area contributed by atoms with E-state index in [-0.39, 0.29) is 41.0 Å². The molecule has 5 amide bonds. The number of carbonyl (C=O) groups excluding carboxylic acids is 5. The molecule has 11 nitrogen and oxygen atoms in total. The van der Waals surface area contributed by atoms with Crippen LogP contribution in [0, 0.1) is 28.6 Å². The maximum Gasteiger partial charge on any atom is 0.408 e. The maximum absolute atomic E-state index is 13.9. The van der Waals surface area contributed by atoms with Crippen LogP contribution in [0.25, 0.3) is 0 Å². The van der Waals surface area contributed by atoms with Crippen LogP contribution in [0.1, 0.15) is 81.1 Å². The first-order valence-electron chi connectivity index (χ1n) is 14.0. The van der Waals surface area contributed by atoms with Crippen molar-refractivity contribution in [3.05, 3.63) is 0 Å². The Morgan fingerprint density at radius 1 is 1.10 bits per heavy atom. The molecule has 4 fully saturated rings. The molecule has 2 aliphatic heterocycles. The molecule has 2 heterocycles. The number of amides is 5. The predicted octanol–water partition coefficient (Wildman–Crippen LogP) is 1.44. The minimum Gasteiger partial charge on any atom is -0.444 e. The third-order valence-electron chi connectivity index (χ3n) is 8.96. The number of hydrogen-bond acceptors (Lipinski definition) is 6. The van der Waals surface area contributed by atoms with Crippen LogP contribution in [0.4, 0.5) is 4.79 Å². The largest absolute Gasteiger partial charge is 0.444 e. The minimum absolute atomic E-state index is 0.0957. The van der Waals surface area contributed by atoms with Gasteiger partial charge in [0.1, 0.15) is 23.7 Å². The van der Waals surface area contributed by atoms with Gasteiger partial charge in [-0.25, -0.2) is 4.79 Å². The number of ether oxygens (including phenoxy) is 1. The molecule has 0 aromatic rings. The Labute approximate surface area is 230 Å². The van der Waals surface area contributed by atoms with Gasteiger partial charge in [0, 0.05) is 18.0 Å². The number of primary amides is 1. The van der Waals surface area contributed by atoms with Gasteiger partial charge >= 0.3 is 6.09 Å². The molecule has 0 aromatic heterocycles. The topological polar surface area (TPSA) is 160 Å². The zero-order valence-electron chi connectivity index (χ0n) is 24.5. The Kier molecular flexibility index (Phi) is 7.00. The highest BCUT2D eigenvalue weighted by atomic mass is 16.6. The van der Waals surface area contributed by atoms with E-state index >= 15 is 0 Å². The lowest BCUT2D eigenvalue weighted by Crippen LogP contribution is -2.60. The van der Waals surface area contributed by atoms with Gasteiger partial charge in [-0.1, -0.05) is 34.6 Å². The van der Waals surface area contributed by atoms with E-state index in [1.54, 1.807) is 20.8 Å². The number of hydrogen-bond donors (Lipinski definition) is 4. The third kappa shape index (κ3) is 5.87. The zero-order chi connectivity index (χ0) is 29.3. The molecule has 0 radical (unpaired) electrons. The van der Waals surface area contributed by atoms with E-state index in [1.807, 2.05) is 20.8 Å². The van der Waals surface area contributed by atoms with E-state index in [0.717, 1.165) is 12.8 Å². The molecule has 1 spiro atoms. The molecule has 0 aromatic carbocycles. The molecule has 39 heavy (non-hydrogen) atoms. The van der Waals surface area contributed by atoms with Crippen molar-refractivity contribution in [1.82, 2.24) is 20.9 Å². The van der Waals surface area contributed by atoms with Crippen molar-refractivity contribution < 1.29 is 28.7 Å². The number of fused-ring (bicyclic) bond motifs is 1. The number of alkyl carbamates (subject to hydrolysis) is 1. The molecule has 2 saturated heterocycles. The summed E-state index contributed by atoms with van der Waals surface area (Å²) in [4.78, 5) is 66.7. The maximum atomic E-state index is 13.9. The van der Waals surface area contributed by atoms with E-state index in [1.165, 1.54) is 4.90 Å². The fraction of sp³-hybridized carbons (Fsp3) is 0.821. The van der Waals surface area contributed by atoms with E-state index < -0.39 is 53.0 Å². The molecule has 5 N–H and O–H groups in total. The molecule has 4 rings (SSSR count). The molecule has 6 atom stereocenters. The summed E-state index contributed by atoms with van der Waals surface area (Å²) in [5, 5.41) is 8.51. The third-order valence-corrected chi connectivity index (χ3v) is 8.96. The first-order valence-corrected chi connectivity index (χ1v) is 14.0. The highest BCUT2D eigenvalue weighted by Gasteiger charge is 2.70. The quantitative estimate of drug-likeness (QED) is 0.377. The van der Waals surface area contributed by atoms with Crippen LogP contribution in [-0.2, 0) is 23.9 Å². The lowest BCUT2D eigenvalue weighted by molar-refractivity contribution is -0.144. The van der Waals surface area contributed by atoms with Gasteiger partial charge in [-0.3, -0.25) is 19.2 Å². The van der Waals surface area contributed by atoms with Crippen LogP contribution in [0.3, 0.4) is 0 Å². The van der Waals surface area contributed by atoms with Crippen LogP contribution >= 0.6 is 0 Å². The molecular formula is C28H45N5O6. The van der Waals surface area contributed by atoms with Gasteiger partial charge in [-0.2, -0.15) is 0 Å². The lowest BCUT2D eigenvalue weighted by atomic mass is 9.85. The monoisotopic (exact) mass is 547 g/mol. The number of nitrogens with one attached hydrogen (secondary N) is 3. The molecule has 2 saturated carbocycles. The van der Waals surface area contributed by atoms with E-state index in [2.05, 4.69) is 29.8 Å². The van der Waals surface area contributed by atoms with E-state index in [0.29, 0.717) is 13.0 Å². The summed E-state index contributed by atoms with van der Waals surface area (Å²) in [6, 6.07) is -2.79. The number of likely N-dealkylation sites (tertiary alicyclic amines) is 1. The van der Waals surface area contributed by atoms with Gasteiger partial charge in [0.15, 0.2) is 0 Å². The van der Waals surface area contributed by atoms with Crippen molar-refractivity contribution in [2.24, 2.45) is 34.3 Å². The number of piperidine rings is 1. The standard InChI is InChI=1S/C28H45N5O6/c1-25(2,3)19(31-24(38)39-26(4,5)6)23(37)33-13-15-17(27(15,7)8)18(33)22(36)30-16(20(29)34)11-14-12-28(9-10-28)32-21(14)35/h14-19H,9-13H2,1-8H3,(H2,29,34)(H,30,36)(H,31,38)(H,32,35)/t14-,15+,16+,17+,18+,19-/m1/s1. The summed E-state index contributed by atoms with van der Waals surface area (Å²) in [6.07, 6.45) is 1.88. The highest BCUT2D eigenvalue weighted by Crippen LogP contribution is 2.65. The molecule has 11 heteroatoms. The van der Waals surface area contributed by atoms with E-state index in [9.17, 15) is 24.0 Å². The fourth-order valence-electron chi connectivity index (χ4n) is 6.49. The Balaban J connectivity index is 1.51. The Hall–Kier alpha value is -2.85. The molecule has 0 bridgehead atoms. The van der Waals surface area contributed by atoms with Gasteiger partial charge in [0.25, 0.3) is 0 Å². The van der Waals surface area contributed by atoms with E-state index in [4.69, 9.17) is 10.5 Å².